The van der Waals surface area contributed by atoms with Gasteiger partial charge in [0.05, 0.1) is 25.2 Å². The molecule has 1 saturated heterocycles. The summed E-state index contributed by atoms with van der Waals surface area (Å²) in [5, 5.41) is 3.98. The molecule has 0 spiro atoms. The number of nitrogens with one attached hydrogen (secondary N) is 3. The molecule has 0 radical (unpaired) electrons. The fraction of sp³-hybridized carbons (Fsp3) is 0.316. The molecule has 0 bridgehead atoms. The molecule has 1 fully saturated rings. The molecule has 0 aromatic heterocycles. The van der Waals surface area contributed by atoms with Crippen molar-refractivity contribution >= 4 is 16.2 Å². The van der Waals surface area contributed by atoms with Crippen LogP contribution in [0.2, 0.25) is 0 Å². The van der Waals surface area contributed by atoms with E-state index in [0.29, 0.717) is 18.0 Å². The second-order valence-electron chi connectivity index (χ2n) is 6.47. The van der Waals surface area contributed by atoms with E-state index in [9.17, 15) is 8.42 Å². The van der Waals surface area contributed by atoms with Gasteiger partial charge < -0.3 is 9.47 Å². The predicted molar refractivity (Wildman–Crippen MR) is 107 cm³/mol. The minimum Gasteiger partial charge on any atom is -0.493 e. The number of benzene rings is 2. The van der Waals surface area contributed by atoms with Gasteiger partial charge in [-0.05, 0) is 36.8 Å². The zero-order valence-electron chi connectivity index (χ0n) is 16.0. The molecule has 1 heterocycles. The summed E-state index contributed by atoms with van der Waals surface area (Å²) < 4.78 is 35.3. The van der Waals surface area contributed by atoms with Crippen LogP contribution in [0.25, 0.3) is 0 Å². The molecule has 3 rings (SSSR count). The average molecular weight is 404 g/mol. The molecular formula is C19H24N4O4S. The molecule has 3 N–H and O–H groups in total. The molecule has 1 aliphatic heterocycles. The van der Waals surface area contributed by atoms with Crippen molar-refractivity contribution < 1.29 is 17.9 Å². The molecule has 2 unspecified atom stereocenters. The topological polar surface area (TPSA) is 101 Å². The molecule has 1 aliphatic rings. The van der Waals surface area contributed by atoms with Crippen LogP contribution in [0.3, 0.4) is 0 Å². The SMILES string of the molecule is COc1ccc(C2NNCC2/C=N\NS(=O)(=O)c2ccc(C)cc2)cc1OC. The highest BCUT2D eigenvalue weighted by atomic mass is 32.2. The first-order chi connectivity index (χ1) is 13.4. The highest BCUT2D eigenvalue weighted by molar-refractivity contribution is 7.89. The van der Waals surface area contributed by atoms with Crippen LogP contribution in [0, 0.1) is 12.8 Å². The number of hydrogen-bond acceptors (Lipinski definition) is 7. The summed E-state index contributed by atoms with van der Waals surface area (Å²) in [5.74, 6) is 1.22. The predicted octanol–water partition coefficient (Wildman–Crippen LogP) is 1.74. The summed E-state index contributed by atoms with van der Waals surface area (Å²) >= 11 is 0. The smallest absolute Gasteiger partial charge is 0.276 e. The fourth-order valence-corrected chi connectivity index (χ4v) is 3.79. The Balaban J connectivity index is 1.72. The first-order valence-electron chi connectivity index (χ1n) is 8.76. The lowest BCUT2D eigenvalue weighted by molar-refractivity contribution is 0.353. The molecule has 8 nitrogen and oxygen atoms in total. The number of hydrazine groups is 1. The maximum absolute atomic E-state index is 12.3. The number of hydrogen-bond donors (Lipinski definition) is 3. The zero-order valence-corrected chi connectivity index (χ0v) is 16.8. The summed E-state index contributed by atoms with van der Waals surface area (Å²) in [7, 11) is -0.526. The van der Waals surface area contributed by atoms with Gasteiger partial charge >= 0.3 is 0 Å². The van der Waals surface area contributed by atoms with E-state index >= 15 is 0 Å². The standard InChI is InChI=1S/C19H24N4O4S/c1-13-4-7-16(8-5-13)28(24,25)23-21-12-15-11-20-22-19(15)14-6-9-17(26-2)18(10-14)27-3/h4-10,12,15,19-20,22-23H,11H2,1-3H3/b21-12-. The quantitative estimate of drug-likeness (QED) is 0.480. The normalized spacial score (nSPS) is 19.7. The Bertz CT molecular complexity index is 945. The summed E-state index contributed by atoms with van der Waals surface area (Å²) in [5.41, 5.74) is 8.23. The fourth-order valence-electron chi connectivity index (χ4n) is 2.99. The Kier molecular flexibility index (Phi) is 6.18. The molecule has 0 aliphatic carbocycles. The number of ether oxygens (including phenoxy) is 2. The van der Waals surface area contributed by atoms with Crippen molar-refractivity contribution in [1.29, 1.82) is 0 Å². The summed E-state index contributed by atoms with van der Waals surface area (Å²) in [6, 6.07) is 12.2. The van der Waals surface area contributed by atoms with Crippen LogP contribution in [-0.4, -0.2) is 35.4 Å². The molecule has 2 aromatic carbocycles. The second kappa shape index (κ2) is 8.59. The zero-order chi connectivity index (χ0) is 20.1. The van der Waals surface area contributed by atoms with E-state index < -0.39 is 10.0 Å². The van der Waals surface area contributed by atoms with Crippen molar-refractivity contribution in [2.75, 3.05) is 20.8 Å². The minimum atomic E-state index is -3.70. The lowest BCUT2D eigenvalue weighted by atomic mass is 9.95. The maximum atomic E-state index is 12.3. The van der Waals surface area contributed by atoms with Gasteiger partial charge in [-0.3, -0.25) is 5.43 Å². The van der Waals surface area contributed by atoms with Crippen molar-refractivity contribution in [1.82, 2.24) is 15.7 Å². The van der Waals surface area contributed by atoms with Crippen LogP contribution in [0.1, 0.15) is 17.2 Å². The largest absolute Gasteiger partial charge is 0.493 e. The van der Waals surface area contributed by atoms with Crippen LogP contribution < -0.4 is 25.2 Å². The summed E-state index contributed by atoms with van der Waals surface area (Å²) in [6.45, 7) is 2.51. The lowest BCUT2D eigenvalue weighted by Crippen LogP contribution is -2.25. The lowest BCUT2D eigenvalue weighted by Gasteiger charge is -2.17. The van der Waals surface area contributed by atoms with Gasteiger partial charge in [0, 0.05) is 18.7 Å². The number of methoxy groups -OCH3 is 2. The van der Waals surface area contributed by atoms with E-state index in [1.165, 1.54) is 0 Å². The third-order valence-corrected chi connectivity index (χ3v) is 5.80. The monoisotopic (exact) mass is 404 g/mol. The van der Waals surface area contributed by atoms with Gasteiger partial charge in [-0.25, -0.2) is 10.3 Å². The average Bonchev–Trinajstić information content (AvgIpc) is 3.16. The van der Waals surface area contributed by atoms with E-state index in [0.717, 1.165) is 11.1 Å². The van der Waals surface area contributed by atoms with E-state index in [1.807, 2.05) is 25.1 Å². The van der Waals surface area contributed by atoms with Crippen molar-refractivity contribution in [2.24, 2.45) is 11.0 Å². The van der Waals surface area contributed by atoms with Gasteiger partial charge in [-0.1, -0.05) is 23.8 Å². The van der Waals surface area contributed by atoms with Crippen molar-refractivity contribution in [3.8, 4) is 11.5 Å². The van der Waals surface area contributed by atoms with Gasteiger partial charge in [-0.2, -0.15) is 13.5 Å². The number of rotatable bonds is 7. The van der Waals surface area contributed by atoms with Gasteiger partial charge in [0.1, 0.15) is 0 Å². The van der Waals surface area contributed by atoms with Crippen LogP contribution in [0.4, 0.5) is 0 Å². The van der Waals surface area contributed by atoms with E-state index in [1.54, 1.807) is 44.7 Å². The number of aryl methyl sites for hydroxylation is 1. The number of hydrazone groups is 1. The maximum Gasteiger partial charge on any atom is 0.276 e. The molecule has 150 valence electrons. The summed E-state index contributed by atoms with van der Waals surface area (Å²) in [6.07, 6.45) is 1.60. The Morgan fingerprint density at radius 1 is 1.11 bits per heavy atom. The Morgan fingerprint density at radius 3 is 2.50 bits per heavy atom. The van der Waals surface area contributed by atoms with Crippen LogP contribution in [-0.2, 0) is 10.0 Å². The van der Waals surface area contributed by atoms with E-state index in [-0.39, 0.29) is 16.9 Å². The molecule has 0 saturated carbocycles. The Morgan fingerprint density at radius 2 is 1.82 bits per heavy atom. The van der Waals surface area contributed by atoms with Crippen LogP contribution in [0.5, 0.6) is 11.5 Å². The molecule has 2 atom stereocenters. The number of nitrogens with zero attached hydrogens (tertiary/aromatic N) is 1. The van der Waals surface area contributed by atoms with E-state index in [2.05, 4.69) is 20.8 Å². The second-order valence-corrected chi connectivity index (χ2v) is 8.13. The molecule has 2 aromatic rings. The van der Waals surface area contributed by atoms with Crippen molar-refractivity contribution in [3.63, 3.8) is 0 Å². The molecule has 0 amide bonds. The third kappa shape index (κ3) is 4.44. The molecule has 9 heteroatoms. The minimum absolute atomic E-state index is 0.0566. The summed E-state index contributed by atoms with van der Waals surface area (Å²) in [4.78, 5) is 2.45. The molecule has 28 heavy (non-hydrogen) atoms. The third-order valence-electron chi connectivity index (χ3n) is 4.56. The van der Waals surface area contributed by atoms with Gasteiger partial charge in [0.25, 0.3) is 10.0 Å². The van der Waals surface area contributed by atoms with Crippen molar-refractivity contribution in [2.45, 2.75) is 17.9 Å². The van der Waals surface area contributed by atoms with Crippen LogP contribution >= 0.6 is 0 Å². The highest BCUT2D eigenvalue weighted by Gasteiger charge is 2.28. The van der Waals surface area contributed by atoms with Gasteiger partial charge in [-0.15, -0.1) is 0 Å². The van der Waals surface area contributed by atoms with E-state index in [4.69, 9.17) is 9.47 Å². The van der Waals surface area contributed by atoms with Crippen molar-refractivity contribution in [3.05, 3.63) is 53.6 Å². The molecular weight excluding hydrogens is 380 g/mol. The first-order valence-corrected chi connectivity index (χ1v) is 10.2. The first kappa shape index (κ1) is 20.1. The Labute approximate surface area is 165 Å². The number of sulfonamides is 1. The van der Waals surface area contributed by atoms with Gasteiger partial charge in [0.15, 0.2) is 11.5 Å². The Hall–Kier alpha value is -2.62. The van der Waals surface area contributed by atoms with Crippen LogP contribution in [0.15, 0.2) is 52.5 Å². The highest BCUT2D eigenvalue weighted by Crippen LogP contribution is 2.32. The van der Waals surface area contributed by atoms with Gasteiger partial charge in [0.2, 0.25) is 0 Å².